The Morgan fingerprint density at radius 2 is 2.16 bits per heavy atom. The van der Waals surface area contributed by atoms with Crippen molar-refractivity contribution in [3.05, 3.63) is 5.69 Å². The van der Waals surface area contributed by atoms with E-state index < -0.39 is 10.0 Å². The summed E-state index contributed by atoms with van der Waals surface area (Å²) in [4.78, 5) is 0.113. The maximum Gasteiger partial charge on any atom is 0.246 e. The monoisotopic (exact) mass is 304 g/mol. The van der Waals surface area contributed by atoms with Crippen molar-refractivity contribution in [2.45, 2.75) is 42.4 Å². The maximum absolute atomic E-state index is 12.5. The standard InChI is InChI=1S/C11H20N4O2S2/c1-7-10(11(12)13-15(7)2)19(16,17)14-8-5-4-6-9(8)18-3/h8-9,14H,4-6H2,1-3H3,(H2,12,13). The zero-order valence-electron chi connectivity index (χ0n) is 11.4. The van der Waals surface area contributed by atoms with E-state index in [1.54, 1.807) is 25.7 Å². The molecule has 8 heteroatoms. The number of aromatic nitrogens is 2. The SMILES string of the molecule is CSC1CCCC1NS(=O)(=O)c1c(N)nn(C)c1C. The van der Waals surface area contributed by atoms with Crippen molar-refractivity contribution >= 4 is 27.6 Å². The van der Waals surface area contributed by atoms with Gasteiger partial charge in [-0.3, -0.25) is 4.68 Å². The zero-order valence-corrected chi connectivity index (χ0v) is 13.0. The topological polar surface area (TPSA) is 90.0 Å². The molecule has 1 aliphatic carbocycles. The Balaban J connectivity index is 2.28. The van der Waals surface area contributed by atoms with Crippen LogP contribution in [0.5, 0.6) is 0 Å². The molecule has 1 aliphatic rings. The van der Waals surface area contributed by atoms with E-state index in [-0.39, 0.29) is 16.8 Å². The summed E-state index contributed by atoms with van der Waals surface area (Å²) in [5.41, 5.74) is 6.27. The average Bonchev–Trinajstić information content (AvgIpc) is 2.84. The normalized spacial score (nSPS) is 23.9. The van der Waals surface area contributed by atoms with Gasteiger partial charge in [0.2, 0.25) is 10.0 Å². The number of sulfonamides is 1. The van der Waals surface area contributed by atoms with Crippen molar-refractivity contribution < 1.29 is 8.42 Å². The van der Waals surface area contributed by atoms with Gasteiger partial charge in [-0.2, -0.15) is 16.9 Å². The van der Waals surface area contributed by atoms with Gasteiger partial charge >= 0.3 is 0 Å². The second-order valence-corrected chi connectivity index (χ2v) is 7.58. The molecule has 0 aliphatic heterocycles. The number of rotatable bonds is 4. The minimum Gasteiger partial charge on any atom is -0.381 e. The molecule has 3 N–H and O–H groups in total. The van der Waals surface area contributed by atoms with Gasteiger partial charge in [0, 0.05) is 18.3 Å². The Labute approximate surface area is 118 Å². The molecule has 0 amide bonds. The molecule has 2 unspecified atom stereocenters. The summed E-state index contributed by atoms with van der Waals surface area (Å²) >= 11 is 1.71. The predicted octanol–water partition coefficient (Wildman–Crippen LogP) is 0.873. The van der Waals surface area contributed by atoms with Crippen LogP contribution >= 0.6 is 11.8 Å². The van der Waals surface area contributed by atoms with E-state index >= 15 is 0 Å². The highest BCUT2D eigenvalue weighted by molar-refractivity contribution is 7.99. The number of nitrogens with two attached hydrogens (primary N) is 1. The molecular formula is C11H20N4O2S2. The number of thioether (sulfide) groups is 1. The number of aryl methyl sites for hydroxylation is 1. The van der Waals surface area contributed by atoms with Crippen molar-refractivity contribution in [1.82, 2.24) is 14.5 Å². The van der Waals surface area contributed by atoms with Gasteiger partial charge in [-0.1, -0.05) is 6.42 Å². The van der Waals surface area contributed by atoms with E-state index in [9.17, 15) is 8.42 Å². The van der Waals surface area contributed by atoms with Gasteiger partial charge in [0.05, 0.1) is 5.69 Å². The number of nitrogens with zero attached hydrogens (tertiary/aromatic N) is 2. The lowest BCUT2D eigenvalue weighted by atomic mass is 10.3. The highest BCUT2D eigenvalue weighted by atomic mass is 32.2. The van der Waals surface area contributed by atoms with Gasteiger partial charge < -0.3 is 5.73 Å². The summed E-state index contributed by atoms with van der Waals surface area (Å²) in [7, 11) is -1.91. The van der Waals surface area contributed by atoms with E-state index in [4.69, 9.17) is 5.73 Å². The smallest absolute Gasteiger partial charge is 0.246 e. The van der Waals surface area contributed by atoms with E-state index in [2.05, 4.69) is 9.82 Å². The average molecular weight is 304 g/mol. The molecule has 108 valence electrons. The zero-order chi connectivity index (χ0) is 14.2. The first-order chi connectivity index (χ1) is 8.86. The third-order valence-corrected chi connectivity index (χ3v) is 6.46. The van der Waals surface area contributed by atoms with Crippen LogP contribution in [-0.4, -0.2) is 35.7 Å². The Bertz CT molecular complexity index is 567. The fourth-order valence-electron chi connectivity index (χ4n) is 2.55. The lowest BCUT2D eigenvalue weighted by Crippen LogP contribution is -2.39. The summed E-state index contributed by atoms with van der Waals surface area (Å²) in [5.74, 6) is 0.0613. The first kappa shape index (κ1) is 14.7. The summed E-state index contributed by atoms with van der Waals surface area (Å²) in [5, 5.41) is 4.30. The van der Waals surface area contributed by atoms with Gasteiger partial charge in [0.15, 0.2) is 5.82 Å². The van der Waals surface area contributed by atoms with Crippen LogP contribution in [-0.2, 0) is 17.1 Å². The Hall–Kier alpha value is -0.730. The van der Waals surface area contributed by atoms with E-state index in [0.29, 0.717) is 10.9 Å². The highest BCUT2D eigenvalue weighted by Gasteiger charge is 2.33. The van der Waals surface area contributed by atoms with Crippen molar-refractivity contribution in [2.24, 2.45) is 7.05 Å². The third kappa shape index (κ3) is 2.75. The molecule has 2 atom stereocenters. The number of hydrogen-bond acceptors (Lipinski definition) is 5. The van der Waals surface area contributed by atoms with Crippen molar-refractivity contribution in [2.75, 3.05) is 12.0 Å². The fourth-order valence-corrected chi connectivity index (χ4v) is 5.20. The molecule has 1 aromatic rings. The first-order valence-corrected chi connectivity index (χ1v) is 8.98. The summed E-state index contributed by atoms with van der Waals surface area (Å²) < 4.78 is 29.2. The van der Waals surface area contributed by atoms with E-state index in [1.165, 1.54) is 4.68 Å². The summed E-state index contributed by atoms with van der Waals surface area (Å²) in [6.45, 7) is 1.71. The molecule has 1 fully saturated rings. The van der Waals surface area contributed by atoms with Crippen LogP contribution in [0.25, 0.3) is 0 Å². The lowest BCUT2D eigenvalue weighted by Gasteiger charge is -2.19. The number of nitrogen functional groups attached to an aromatic ring is 1. The minimum absolute atomic E-state index is 0.0148. The summed E-state index contributed by atoms with van der Waals surface area (Å²) in [6, 6.07) is -0.0148. The molecule has 1 saturated carbocycles. The fraction of sp³-hybridized carbons (Fsp3) is 0.727. The number of nitrogens with one attached hydrogen (secondary N) is 1. The molecule has 0 radical (unpaired) electrons. The Morgan fingerprint density at radius 3 is 2.68 bits per heavy atom. The molecule has 6 nitrogen and oxygen atoms in total. The van der Waals surface area contributed by atoms with Gasteiger partial charge in [-0.15, -0.1) is 0 Å². The van der Waals surface area contributed by atoms with Crippen LogP contribution < -0.4 is 10.5 Å². The lowest BCUT2D eigenvalue weighted by molar-refractivity contribution is 0.554. The Kier molecular flexibility index (Phi) is 4.12. The highest BCUT2D eigenvalue weighted by Crippen LogP contribution is 2.30. The molecule has 0 bridgehead atoms. The minimum atomic E-state index is -3.60. The van der Waals surface area contributed by atoms with Crippen LogP contribution in [0.1, 0.15) is 25.0 Å². The Morgan fingerprint density at radius 1 is 1.47 bits per heavy atom. The van der Waals surface area contributed by atoms with Crippen LogP contribution in [0.15, 0.2) is 4.90 Å². The van der Waals surface area contributed by atoms with Crippen LogP contribution in [0, 0.1) is 6.92 Å². The van der Waals surface area contributed by atoms with Gasteiger partial charge in [0.1, 0.15) is 4.90 Å². The van der Waals surface area contributed by atoms with Crippen LogP contribution in [0.2, 0.25) is 0 Å². The maximum atomic E-state index is 12.5. The van der Waals surface area contributed by atoms with E-state index in [1.807, 2.05) is 6.26 Å². The van der Waals surface area contributed by atoms with E-state index in [0.717, 1.165) is 19.3 Å². The molecule has 1 aromatic heterocycles. The quantitative estimate of drug-likeness (QED) is 0.861. The van der Waals surface area contributed by atoms with Gasteiger partial charge in [0.25, 0.3) is 0 Å². The number of anilines is 1. The summed E-state index contributed by atoms with van der Waals surface area (Å²) in [6.07, 6.45) is 5.00. The van der Waals surface area contributed by atoms with Crippen molar-refractivity contribution in [3.8, 4) is 0 Å². The van der Waals surface area contributed by atoms with Crippen molar-refractivity contribution in [1.29, 1.82) is 0 Å². The van der Waals surface area contributed by atoms with Crippen LogP contribution in [0.4, 0.5) is 5.82 Å². The number of hydrogen-bond donors (Lipinski definition) is 2. The third-order valence-electron chi connectivity index (χ3n) is 3.63. The molecule has 0 saturated heterocycles. The van der Waals surface area contributed by atoms with Gasteiger partial charge in [-0.25, -0.2) is 13.1 Å². The molecule has 0 aromatic carbocycles. The van der Waals surface area contributed by atoms with Crippen molar-refractivity contribution in [3.63, 3.8) is 0 Å². The largest absolute Gasteiger partial charge is 0.381 e. The van der Waals surface area contributed by atoms with Gasteiger partial charge in [-0.05, 0) is 26.0 Å². The molecule has 2 rings (SSSR count). The predicted molar refractivity (Wildman–Crippen MR) is 77.6 cm³/mol. The second-order valence-electron chi connectivity index (χ2n) is 4.86. The molecule has 19 heavy (non-hydrogen) atoms. The molecular weight excluding hydrogens is 284 g/mol. The molecule has 0 spiro atoms. The molecule has 1 heterocycles. The van der Waals surface area contributed by atoms with Crippen LogP contribution in [0.3, 0.4) is 0 Å². The first-order valence-electron chi connectivity index (χ1n) is 6.21. The second kappa shape index (κ2) is 5.34.